The van der Waals surface area contributed by atoms with Gasteiger partial charge in [-0.2, -0.15) is 0 Å². The molecule has 0 aromatic rings. The Hall–Kier alpha value is -0.650. The summed E-state index contributed by atoms with van der Waals surface area (Å²) in [6.07, 6.45) is 3.91. The maximum absolute atomic E-state index is 12.3. The van der Waals surface area contributed by atoms with E-state index in [9.17, 15) is 4.79 Å². The third kappa shape index (κ3) is 4.18. The number of hydrogen-bond acceptors (Lipinski definition) is 5. The van der Waals surface area contributed by atoms with Crippen LogP contribution in [0.4, 0.5) is 0 Å². The summed E-state index contributed by atoms with van der Waals surface area (Å²) in [4.78, 5) is 17.3. The Labute approximate surface area is 129 Å². The van der Waals surface area contributed by atoms with E-state index in [4.69, 9.17) is 4.74 Å². The Morgan fingerprint density at radius 3 is 2.62 bits per heavy atom. The summed E-state index contributed by atoms with van der Waals surface area (Å²) >= 11 is 0. The SMILES string of the molecule is CCNC(C)(CN1CCC(N2CCCC2)C1)C(=O)OCC. The van der Waals surface area contributed by atoms with Crippen LogP contribution in [-0.4, -0.2) is 73.2 Å². The molecule has 0 amide bonds. The molecule has 2 atom stereocenters. The zero-order valence-electron chi connectivity index (χ0n) is 13.9. The first kappa shape index (κ1) is 16.7. The number of nitrogens with zero attached hydrogens (tertiary/aromatic N) is 2. The van der Waals surface area contributed by atoms with E-state index in [1.165, 1.54) is 32.4 Å². The van der Waals surface area contributed by atoms with Crippen molar-refractivity contribution in [2.75, 3.05) is 45.9 Å². The van der Waals surface area contributed by atoms with Crippen LogP contribution >= 0.6 is 0 Å². The van der Waals surface area contributed by atoms with Gasteiger partial charge in [0.2, 0.25) is 0 Å². The fraction of sp³-hybridized carbons (Fsp3) is 0.938. The van der Waals surface area contributed by atoms with E-state index in [0.29, 0.717) is 12.6 Å². The van der Waals surface area contributed by atoms with Crippen molar-refractivity contribution in [1.82, 2.24) is 15.1 Å². The van der Waals surface area contributed by atoms with Gasteiger partial charge in [0.05, 0.1) is 6.61 Å². The maximum Gasteiger partial charge on any atom is 0.327 e. The Morgan fingerprint density at radius 1 is 1.29 bits per heavy atom. The topological polar surface area (TPSA) is 44.8 Å². The van der Waals surface area contributed by atoms with Gasteiger partial charge in [0.1, 0.15) is 5.54 Å². The molecule has 2 unspecified atom stereocenters. The van der Waals surface area contributed by atoms with Crippen molar-refractivity contribution in [2.45, 2.75) is 51.6 Å². The van der Waals surface area contributed by atoms with Crippen molar-refractivity contribution in [1.29, 1.82) is 0 Å². The molecule has 2 fully saturated rings. The summed E-state index contributed by atoms with van der Waals surface area (Å²) in [6.45, 7) is 12.5. The van der Waals surface area contributed by atoms with Gasteiger partial charge in [0, 0.05) is 19.1 Å². The summed E-state index contributed by atoms with van der Waals surface area (Å²) in [7, 11) is 0. The van der Waals surface area contributed by atoms with Gasteiger partial charge in [-0.05, 0) is 59.3 Å². The molecule has 5 nitrogen and oxygen atoms in total. The third-order valence-corrected chi connectivity index (χ3v) is 4.74. The van der Waals surface area contributed by atoms with Crippen LogP contribution in [0, 0.1) is 0 Å². The molecule has 5 heteroatoms. The summed E-state index contributed by atoms with van der Waals surface area (Å²) in [5.74, 6) is -0.128. The molecule has 0 aromatic carbocycles. The van der Waals surface area contributed by atoms with E-state index in [1.54, 1.807) is 0 Å². The lowest BCUT2D eigenvalue weighted by atomic mass is 10.0. The highest BCUT2D eigenvalue weighted by molar-refractivity contribution is 5.80. The van der Waals surface area contributed by atoms with Crippen LogP contribution in [0.5, 0.6) is 0 Å². The van der Waals surface area contributed by atoms with Crippen LogP contribution in [0.15, 0.2) is 0 Å². The predicted molar refractivity (Wildman–Crippen MR) is 84.4 cm³/mol. The van der Waals surface area contributed by atoms with E-state index < -0.39 is 5.54 Å². The van der Waals surface area contributed by atoms with Gasteiger partial charge < -0.3 is 10.1 Å². The average molecular weight is 297 g/mol. The van der Waals surface area contributed by atoms with Gasteiger partial charge in [0.15, 0.2) is 0 Å². The van der Waals surface area contributed by atoms with Gasteiger partial charge in [0.25, 0.3) is 0 Å². The Morgan fingerprint density at radius 2 is 2.00 bits per heavy atom. The van der Waals surface area contributed by atoms with Crippen LogP contribution in [0.25, 0.3) is 0 Å². The van der Waals surface area contributed by atoms with Crippen molar-refractivity contribution >= 4 is 5.97 Å². The van der Waals surface area contributed by atoms with Crippen LogP contribution in [0.1, 0.15) is 40.0 Å². The number of carbonyl (C=O) groups excluding carboxylic acids is 1. The van der Waals surface area contributed by atoms with Gasteiger partial charge >= 0.3 is 5.97 Å². The second kappa shape index (κ2) is 7.56. The molecular weight excluding hydrogens is 266 g/mol. The van der Waals surface area contributed by atoms with Crippen molar-refractivity contribution < 1.29 is 9.53 Å². The first-order chi connectivity index (χ1) is 10.1. The lowest BCUT2D eigenvalue weighted by Gasteiger charge is -2.33. The Balaban J connectivity index is 1.90. The fourth-order valence-electron chi connectivity index (χ4n) is 3.68. The zero-order chi connectivity index (χ0) is 15.3. The lowest BCUT2D eigenvalue weighted by Crippen LogP contribution is -2.57. The molecule has 2 heterocycles. The number of nitrogens with one attached hydrogen (secondary N) is 1. The van der Waals surface area contributed by atoms with Gasteiger partial charge in [-0.25, -0.2) is 0 Å². The minimum absolute atomic E-state index is 0.128. The van der Waals surface area contributed by atoms with Gasteiger partial charge in [-0.1, -0.05) is 6.92 Å². The summed E-state index contributed by atoms with van der Waals surface area (Å²) in [6, 6.07) is 0.681. The number of hydrogen-bond donors (Lipinski definition) is 1. The molecule has 0 spiro atoms. The van der Waals surface area contributed by atoms with E-state index in [2.05, 4.69) is 15.1 Å². The second-order valence-electron chi connectivity index (χ2n) is 6.50. The predicted octanol–water partition coefficient (Wildman–Crippen LogP) is 1.09. The molecule has 0 aromatic heterocycles. The molecule has 2 aliphatic heterocycles. The number of carbonyl (C=O) groups is 1. The van der Waals surface area contributed by atoms with Crippen LogP contribution < -0.4 is 5.32 Å². The van der Waals surface area contributed by atoms with Gasteiger partial charge in [-0.15, -0.1) is 0 Å². The molecule has 0 bridgehead atoms. The molecule has 122 valence electrons. The summed E-state index contributed by atoms with van der Waals surface area (Å²) in [5, 5.41) is 3.33. The highest BCUT2D eigenvalue weighted by Gasteiger charge is 2.38. The average Bonchev–Trinajstić information content (AvgIpc) is 3.09. The number of rotatable bonds is 7. The van der Waals surface area contributed by atoms with Gasteiger partial charge in [-0.3, -0.25) is 14.6 Å². The monoisotopic (exact) mass is 297 g/mol. The zero-order valence-corrected chi connectivity index (χ0v) is 13.9. The highest BCUT2D eigenvalue weighted by Crippen LogP contribution is 2.22. The first-order valence-corrected chi connectivity index (χ1v) is 8.47. The van der Waals surface area contributed by atoms with Crippen molar-refractivity contribution in [3.05, 3.63) is 0 Å². The van der Waals surface area contributed by atoms with E-state index in [1.807, 2.05) is 20.8 Å². The lowest BCUT2D eigenvalue weighted by molar-refractivity contribution is -0.151. The fourth-order valence-corrected chi connectivity index (χ4v) is 3.68. The Kier molecular flexibility index (Phi) is 6.02. The largest absolute Gasteiger partial charge is 0.465 e. The van der Waals surface area contributed by atoms with Crippen molar-refractivity contribution in [2.24, 2.45) is 0 Å². The van der Waals surface area contributed by atoms with Crippen molar-refractivity contribution in [3.8, 4) is 0 Å². The standard InChI is InChI=1S/C16H31N3O2/c1-4-17-16(3,15(20)21-5-2)13-18-11-8-14(12-18)19-9-6-7-10-19/h14,17H,4-13H2,1-3H3. The first-order valence-electron chi connectivity index (χ1n) is 8.47. The van der Waals surface area contributed by atoms with Crippen LogP contribution in [0.2, 0.25) is 0 Å². The van der Waals surface area contributed by atoms with Crippen LogP contribution in [-0.2, 0) is 9.53 Å². The molecule has 0 radical (unpaired) electrons. The molecular formula is C16H31N3O2. The van der Waals surface area contributed by atoms with Crippen LogP contribution in [0.3, 0.4) is 0 Å². The summed E-state index contributed by atoms with van der Waals surface area (Å²) < 4.78 is 5.26. The molecule has 0 aliphatic carbocycles. The van der Waals surface area contributed by atoms with E-state index in [-0.39, 0.29) is 5.97 Å². The number of ether oxygens (including phenoxy) is 1. The molecule has 21 heavy (non-hydrogen) atoms. The molecule has 2 rings (SSSR count). The third-order valence-electron chi connectivity index (χ3n) is 4.74. The normalized spacial score (nSPS) is 26.9. The van der Waals surface area contributed by atoms with Crippen molar-refractivity contribution in [3.63, 3.8) is 0 Å². The van der Waals surface area contributed by atoms with E-state index in [0.717, 1.165) is 26.2 Å². The maximum atomic E-state index is 12.3. The minimum atomic E-state index is -0.593. The quantitative estimate of drug-likeness (QED) is 0.713. The smallest absolute Gasteiger partial charge is 0.327 e. The summed E-state index contributed by atoms with van der Waals surface area (Å²) in [5.41, 5.74) is -0.593. The Bertz CT molecular complexity index is 344. The van der Waals surface area contributed by atoms with E-state index >= 15 is 0 Å². The number of esters is 1. The second-order valence-corrected chi connectivity index (χ2v) is 6.50. The highest BCUT2D eigenvalue weighted by atomic mass is 16.5. The molecule has 2 saturated heterocycles. The molecule has 2 aliphatic rings. The number of likely N-dealkylation sites (tertiary alicyclic amines) is 2. The minimum Gasteiger partial charge on any atom is -0.465 e. The molecule has 0 saturated carbocycles. The molecule has 1 N–H and O–H groups in total. The number of likely N-dealkylation sites (N-methyl/N-ethyl adjacent to an activating group) is 1.